The van der Waals surface area contributed by atoms with Crippen LogP contribution in [0.3, 0.4) is 0 Å². The number of thiocarbonyl (C=S) groups is 1. The summed E-state index contributed by atoms with van der Waals surface area (Å²) in [4.78, 5) is 22.2. The fraction of sp³-hybridized carbons (Fsp3) is 0.417. The van der Waals surface area contributed by atoms with E-state index in [1.54, 1.807) is 11.9 Å². The molecule has 1 aliphatic heterocycles. The molecular formula is C12H13N3O6S3. The van der Waals surface area contributed by atoms with Crippen LogP contribution < -0.4 is 0 Å². The molecule has 0 N–H and O–H groups in total. The Labute approximate surface area is 147 Å². The number of sulfone groups is 1. The highest BCUT2D eigenvalue weighted by atomic mass is 32.2. The quantitative estimate of drug-likeness (QED) is 0.328. The van der Waals surface area contributed by atoms with Crippen molar-refractivity contribution in [2.75, 3.05) is 18.6 Å². The highest BCUT2D eigenvalue weighted by Gasteiger charge is 2.32. The molecule has 1 atom stereocenters. The largest absolute Gasteiger partial charge is 0.356 e. The van der Waals surface area contributed by atoms with Crippen LogP contribution in [0.15, 0.2) is 23.1 Å². The van der Waals surface area contributed by atoms with Gasteiger partial charge in [0.2, 0.25) is 0 Å². The van der Waals surface area contributed by atoms with E-state index in [1.165, 1.54) is 6.07 Å². The van der Waals surface area contributed by atoms with Crippen molar-refractivity contribution in [2.24, 2.45) is 0 Å². The third kappa shape index (κ3) is 4.19. The van der Waals surface area contributed by atoms with Crippen molar-refractivity contribution in [2.45, 2.75) is 17.4 Å². The summed E-state index contributed by atoms with van der Waals surface area (Å²) in [7, 11) is -1.44. The maximum Gasteiger partial charge on any atom is 0.290 e. The van der Waals surface area contributed by atoms with Gasteiger partial charge in [-0.05, 0) is 12.5 Å². The molecule has 1 saturated heterocycles. The minimum Gasteiger partial charge on any atom is -0.356 e. The molecule has 0 spiro atoms. The summed E-state index contributed by atoms with van der Waals surface area (Å²) >= 11 is 6.15. The van der Waals surface area contributed by atoms with Crippen molar-refractivity contribution in [3.63, 3.8) is 0 Å². The Balaban J connectivity index is 2.19. The summed E-state index contributed by atoms with van der Waals surface area (Å²) < 4.78 is 23.4. The smallest absolute Gasteiger partial charge is 0.290 e. The molecule has 24 heavy (non-hydrogen) atoms. The van der Waals surface area contributed by atoms with Gasteiger partial charge in [0.1, 0.15) is 4.32 Å². The van der Waals surface area contributed by atoms with E-state index < -0.39 is 25.4 Å². The van der Waals surface area contributed by atoms with Gasteiger partial charge in [-0.25, -0.2) is 8.42 Å². The van der Waals surface area contributed by atoms with Gasteiger partial charge in [-0.2, -0.15) is 0 Å². The zero-order valence-corrected chi connectivity index (χ0v) is 14.9. The lowest BCUT2D eigenvalue weighted by molar-refractivity contribution is -0.396. The van der Waals surface area contributed by atoms with Gasteiger partial charge in [0, 0.05) is 19.2 Å². The minimum atomic E-state index is -3.08. The van der Waals surface area contributed by atoms with Crippen LogP contribution in [-0.4, -0.2) is 52.1 Å². The second-order valence-corrected chi connectivity index (χ2v) is 9.11. The third-order valence-electron chi connectivity index (χ3n) is 3.59. The molecule has 2 rings (SSSR count). The molecule has 130 valence electrons. The van der Waals surface area contributed by atoms with E-state index in [-0.39, 0.29) is 32.5 Å². The lowest BCUT2D eigenvalue weighted by atomic mass is 10.2. The molecule has 0 aliphatic carbocycles. The van der Waals surface area contributed by atoms with E-state index in [0.29, 0.717) is 6.42 Å². The van der Waals surface area contributed by atoms with Gasteiger partial charge in [0.15, 0.2) is 9.84 Å². The first kappa shape index (κ1) is 18.5. The van der Waals surface area contributed by atoms with Crippen molar-refractivity contribution in [3.05, 3.63) is 38.4 Å². The van der Waals surface area contributed by atoms with E-state index in [1.807, 2.05) is 0 Å². The maximum atomic E-state index is 11.5. The molecule has 1 aromatic rings. The summed E-state index contributed by atoms with van der Waals surface area (Å²) in [5.74, 6) is 0.0829. The highest BCUT2D eigenvalue weighted by molar-refractivity contribution is 8.23. The first-order valence-corrected chi connectivity index (χ1v) is 9.73. The predicted octanol–water partition coefficient (Wildman–Crippen LogP) is 2.00. The van der Waals surface area contributed by atoms with Crippen molar-refractivity contribution < 1.29 is 18.3 Å². The van der Waals surface area contributed by atoms with Crippen LogP contribution in [0, 0.1) is 20.2 Å². The third-order valence-corrected chi connectivity index (χ3v) is 6.91. The topological polar surface area (TPSA) is 124 Å². The zero-order chi connectivity index (χ0) is 18.1. The molecule has 1 aromatic carbocycles. The van der Waals surface area contributed by atoms with E-state index in [0.717, 1.165) is 23.9 Å². The monoisotopic (exact) mass is 391 g/mol. The Morgan fingerprint density at radius 3 is 2.50 bits per heavy atom. The molecule has 12 heteroatoms. The van der Waals surface area contributed by atoms with Crippen LogP contribution in [0.4, 0.5) is 11.4 Å². The van der Waals surface area contributed by atoms with Gasteiger partial charge in [-0.1, -0.05) is 24.0 Å². The van der Waals surface area contributed by atoms with E-state index in [2.05, 4.69) is 0 Å². The molecular weight excluding hydrogens is 378 g/mol. The number of thioether (sulfide) groups is 1. The van der Waals surface area contributed by atoms with Crippen LogP contribution >= 0.6 is 24.0 Å². The van der Waals surface area contributed by atoms with E-state index in [9.17, 15) is 28.6 Å². The molecule has 9 nitrogen and oxygen atoms in total. The first-order valence-electron chi connectivity index (χ1n) is 6.68. The van der Waals surface area contributed by atoms with Gasteiger partial charge < -0.3 is 4.90 Å². The molecule has 1 heterocycles. The standard InChI is InChI=1S/C12H13N3O6S3/c1-13(9-4-5-24(20,21)7-9)12(22)23-11-3-2-8(14(16)17)6-10(11)15(18)19/h2-3,6,9H,4-5,7H2,1H3. The van der Waals surface area contributed by atoms with Gasteiger partial charge in [0.05, 0.1) is 32.3 Å². The summed E-state index contributed by atoms with van der Waals surface area (Å²) in [6.07, 6.45) is 0.446. The number of rotatable bonds is 4. The van der Waals surface area contributed by atoms with Gasteiger partial charge in [0.25, 0.3) is 11.4 Å². The zero-order valence-electron chi connectivity index (χ0n) is 12.4. The Morgan fingerprint density at radius 2 is 2.00 bits per heavy atom. The number of nitro benzene ring substituents is 2. The Morgan fingerprint density at radius 1 is 1.33 bits per heavy atom. The highest BCUT2D eigenvalue weighted by Crippen LogP contribution is 2.34. The molecule has 0 radical (unpaired) electrons. The second kappa shape index (κ2) is 6.99. The molecule has 1 aliphatic rings. The number of nitro groups is 2. The fourth-order valence-electron chi connectivity index (χ4n) is 2.24. The molecule has 1 unspecified atom stereocenters. The van der Waals surface area contributed by atoms with E-state index >= 15 is 0 Å². The van der Waals surface area contributed by atoms with Crippen LogP contribution in [-0.2, 0) is 9.84 Å². The van der Waals surface area contributed by atoms with Crippen LogP contribution in [0.1, 0.15) is 6.42 Å². The van der Waals surface area contributed by atoms with Gasteiger partial charge >= 0.3 is 0 Å². The number of nitrogens with zero attached hydrogens (tertiary/aromatic N) is 3. The Kier molecular flexibility index (Phi) is 5.40. The maximum absolute atomic E-state index is 11.5. The van der Waals surface area contributed by atoms with Crippen LogP contribution in [0.2, 0.25) is 0 Å². The summed E-state index contributed by atoms with van der Waals surface area (Å²) in [5, 5.41) is 21.9. The van der Waals surface area contributed by atoms with Crippen molar-refractivity contribution in [1.82, 2.24) is 4.90 Å². The normalized spacial score (nSPS) is 19.0. The van der Waals surface area contributed by atoms with E-state index in [4.69, 9.17) is 12.2 Å². The SMILES string of the molecule is CN(C(=S)Sc1ccc([N+](=O)[O-])cc1[N+](=O)[O-])C1CCS(=O)(=O)C1. The molecule has 0 amide bonds. The summed E-state index contributed by atoms with van der Waals surface area (Å²) in [5.41, 5.74) is -0.795. The van der Waals surface area contributed by atoms with Crippen molar-refractivity contribution in [1.29, 1.82) is 0 Å². The summed E-state index contributed by atoms with van der Waals surface area (Å²) in [6.45, 7) is 0. The summed E-state index contributed by atoms with van der Waals surface area (Å²) in [6, 6.07) is 3.04. The average molecular weight is 391 g/mol. The fourth-order valence-corrected chi connectivity index (χ4v) is 5.29. The number of benzene rings is 1. The van der Waals surface area contributed by atoms with Gasteiger partial charge in [-0.3, -0.25) is 20.2 Å². The molecule has 1 fully saturated rings. The van der Waals surface area contributed by atoms with Crippen LogP contribution in [0.5, 0.6) is 0 Å². The average Bonchev–Trinajstić information content (AvgIpc) is 2.86. The number of hydrogen-bond acceptors (Lipinski definition) is 8. The predicted molar refractivity (Wildman–Crippen MR) is 93.0 cm³/mol. The lowest BCUT2D eigenvalue weighted by Gasteiger charge is -2.25. The molecule has 0 saturated carbocycles. The van der Waals surface area contributed by atoms with Gasteiger partial charge in [-0.15, -0.1) is 0 Å². The molecule has 0 bridgehead atoms. The second-order valence-electron chi connectivity index (χ2n) is 5.20. The number of hydrogen-bond donors (Lipinski definition) is 0. The van der Waals surface area contributed by atoms with Crippen LogP contribution in [0.25, 0.3) is 0 Å². The lowest BCUT2D eigenvalue weighted by Crippen LogP contribution is -2.35. The van der Waals surface area contributed by atoms with Crippen molar-refractivity contribution in [3.8, 4) is 0 Å². The molecule has 0 aromatic heterocycles. The Hall–Kier alpha value is -1.79. The Bertz CT molecular complexity index is 810. The number of non-ortho nitro benzene ring substituents is 1. The minimum absolute atomic E-state index is 0.00739. The first-order chi connectivity index (χ1) is 11.1. The van der Waals surface area contributed by atoms with Crippen molar-refractivity contribution >= 4 is 49.5 Å².